The van der Waals surface area contributed by atoms with Crippen molar-refractivity contribution in [1.29, 1.82) is 0 Å². The summed E-state index contributed by atoms with van der Waals surface area (Å²) in [6.07, 6.45) is -0.279. The van der Waals surface area contributed by atoms with E-state index in [4.69, 9.17) is 21.1 Å². The Morgan fingerprint density at radius 2 is 1.78 bits per heavy atom. The van der Waals surface area contributed by atoms with Gasteiger partial charge in [0.15, 0.2) is 6.61 Å². The molecular formula is C23H21ClN2O5S. The fourth-order valence-electron chi connectivity index (χ4n) is 3.29. The molecule has 1 heterocycles. The molecule has 0 radical (unpaired) electrons. The number of nitrogens with zero attached hydrogens (tertiary/aromatic N) is 1. The van der Waals surface area contributed by atoms with Gasteiger partial charge in [-0.15, -0.1) is 0 Å². The van der Waals surface area contributed by atoms with Crippen molar-refractivity contribution in [3.8, 4) is 11.5 Å². The summed E-state index contributed by atoms with van der Waals surface area (Å²) in [4.78, 5) is 12.3. The van der Waals surface area contributed by atoms with Gasteiger partial charge in [0.25, 0.3) is 15.9 Å². The quantitative estimate of drug-likeness (QED) is 0.577. The molecule has 1 atom stereocenters. The van der Waals surface area contributed by atoms with E-state index in [0.29, 0.717) is 27.9 Å². The third kappa shape index (κ3) is 4.81. The largest absolute Gasteiger partial charge is 0.487 e. The van der Waals surface area contributed by atoms with Crippen LogP contribution in [0.25, 0.3) is 0 Å². The maximum atomic E-state index is 13.3. The Balaban J connectivity index is 1.44. The van der Waals surface area contributed by atoms with Crippen LogP contribution in [0.4, 0.5) is 11.4 Å². The van der Waals surface area contributed by atoms with Gasteiger partial charge in [-0.1, -0.05) is 23.7 Å². The lowest BCUT2D eigenvalue weighted by Gasteiger charge is -2.34. The Bertz CT molecular complexity index is 1210. The van der Waals surface area contributed by atoms with Crippen LogP contribution in [0.3, 0.4) is 0 Å². The highest BCUT2D eigenvalue weighted by atomic mass is 35.5. The first kappa shape index (κ1) is 22.0. The molecule has 0 aromatic heterocycles. The van der Waals surface area contributed by atoms with Gasteiger partial charge in [-0.2, -0.15) is 0 Å². The van der Waals surface area contributed by atoms with Gasteiger partial charge in [-0.25, -0.2) is 8.42 Å². The molecule has 0 fully saturated rings. The average molecular weight is 473 g/mol. The third-order valence-electron chi connectivity index (χ3n) is 4.79. The van der Waals surface area contributed by atoms with Crippen molar-refractivity contribution >= 4 is 38.9 Å². The molecule has 0 unspecified atom stereocenters. The van der Waals surface area contributed by atoms with Crippen LogP contribution in [0.1, 0.15) is 6.92 Å². The number of anilines is 2. The van der Waals surface area contributed by atoms with Crippen molar-refractivity contribution in [2.24, 2.45) is 0 Å². The van der Waals surface area contributed by atoms with Crippen LogP contribution in [-0.2, 0) is 14.8 Å². The smallest absolute Gasteiger partial charge is 0.264 e. The molecule has 1 aliphatic heterocycles. The minimum absolute atomic E-state index is 0.122. The molecule has 0 saturated carbocycles. The summed E-state index contributed by atoms with van der Waals surface area (Å²) in [6, 6.07) is 19.7. The van der Waals surface area contributed by atoms with Crippen LogP contribution in [0.2, 0.25) is 5.02 Å². The summed E-state index contributed by atoms with van der Waals surface area (Å²) in [6.45, 7) is 1.84. The number of halogens is 1. The first-order chi connectivity index (χ1) is 15.3. The Morgan fingerprint density at radius 1 is 1.09 bits per heavy atom. The maximum Gasteiger partial charge on any atom is 0.264 e. The van der Waals surface area contributed by atoms with Crippen molar-refractivity contribution in [2.45, 2.75) is 17.9 Å². The Hall–Kier alpha value is -3.23. The fraction of sp³-hybridized carbons (Fsp3) is 0.174. The number of hydrogen-bond donors (Lipinski definition) is 1. The van der Waals surface area contributed by atoms with Gasteiger partial charge in [0.1, 0.15) is 17.6 Å². The van der Waals surface area contributed by atoms with Gasteiger partial charge in [-0.3, -0.25) is 9.10 Å². The second-order valence-electron chi connectivity index (χ2n) is 7.25. The molecule has 0 bridgehead atoms. The van der Waals surface area contributed by atoms with E-state index in [1.807, 2.05) is 6.92 Å². The molecule has 32 heavy (non-hydrogen) atoms. The van der Waals surface area contributed by atoms with E-state index in [-0.39, 0.29) is 30.1 Å². The second-order valence-corrected chi connectivity index (χ2v) is 9.55. The van der Waals surface area contributed by atoms with Crippen LogP contribution in [0.5, 0.6) is 11.5 Å². The number of amides is 1. The van der Waals surface area contributed by atoms with E-state index in [1.165, 1.54) is 16.4 Å². The van der Waals surface area contributed by atoms with Gasteiger partial charge < -0.3 is 14.8 Å². The van der Waals surface area contributed by atoms with Crippen molar-refractivity contribution < 1.29 is 22.7 Å². The fourth-order valence-corrected chi connectivity index (χ4v) is 4.97. The minimum atomic E-state index is -3.80. The van der Waals surface area contributed by atoms with Gasteiger partial charge in [0.05, 0.1) is 17.1 Å². The number of carbonyl (C=O) groups is 1. The van der Waals surface area contributed by atoms with E-state index >= 15 is 0 Å². The zero-order chi connectivity index (χ0) is 22.7. The molecule has 3 aromatic rings. The van der Waals surface area contributed by atoms with Crippen molar-refractivity contribution in [3.05, 3.63) is 77.8 Å². The van der Waals surface area contributed by atoms with Crippen LogP contribution in [-0.4, -0.2) is 33.6 Å². The number of carbonyl (C=O) groups excluding carboxylic acids is 1. The molecule has 0 aliphatic carbocycles. The number of hydrogen-bond acceptors (Lipinski definition) is 5. The zero-order valence-electron chi connectivity index (χ0n) is 17.2. The predicted octanol–water partition coefficient (Wildman–Crippen LogP) is 4.33. The second kappa shape index (κ2) is 9.10. The first-order valence-electron chi connectivity index (χ1n) is 9.89. The van der Waals surface area contributed by atoms with Crippen molar-refractivity contribution in [1.82, 2.24) is 0 Å². The molecule has 1 aliphatic rings. The summed E-state index contributed by atoms with van der Waals surface area (Å²) < 4.78 is 39.0. The Labute approximate surface area is 191 Å². The standard InChI is InChI=1S/C23H21ClN2O5S/c1-16-14-26(21-4-2-3-5-22(21)31-16)32(28,29)20-12-8-18(9-13-20)25-23(27)15-30-19-10-6-17(24)7-11-19/h2-13,16H,14-15H2,1H3,(H,25,27)/t16-/m1/s1. The number of benzene rings is 3. The number of para-hydroxylation sites is 2. The monoisotopic (exact) mass is 472 g/mol. The molecule has 166 valence electrons. The highest BCUT2D eigenvalue weighted by molar-refractivity contribution is 7.92. The summed E-state index contributed by atoms with van der Waals surface area (Å²) in [5.41, 5.74) is 0.965. The first-order valence-corrected chi connectivity index (χ1v) is 11.7. The average Bonchev–Trinajstić information content (AvgIpc) is 2.78. The van der Waals surface area contributed by atoms with Crippen LogP contribution in [0, 0.1) is 0 Å². The van der Waals surface area contributed by atoms with Crippen molar-refractivity contribution in [2.75, 3.05) is 22.8 Å². The molecule has 4 rings (SSSR count). The van der Waals surface area contributed by atoms with E-state index < -0.39 is 10.0 Å². The summed E-state index contributed by atoms with van der Waals surface area (Å²) in [5, 5.41) is 3.26. The molecule has 0 spiro atoms. The summed E-state index contributed by atoms with van der Waals surface area (Å²) in [7, 11) is -3.80. The summed E-state index contributed by atoms with van der Waals surface area (Å²) >= 11 is 5.82. The highest BCUT2D eigenvalue weighted by Crippen LogP contribution is 2.36. The molecule has 1 N–H and O–H groups in total. The topological polar surface area (TPSA) is 84.9 Å². The lowest BCUT2D eigenvalue weighted by molar-refractivity contribution is -0.118. The highest BCUT2D eigenvalue weighted by Gasteiger charge is 2.32. The Morgan fingerprint density at radius 3 is 2.50 bits per heavy atom. The molecule has 1 amide bonds. The van der Waals surface area contributed by atoms with Gasteiger partial charge >= 0.3 is 0 Å². The molecule has 9 heteroatoms. The number of sulfonamides is 1. The molecular weight excluding hydrogens is 452 g/mol. The zero-order valence-corrected chi connectivity index (χ0v) is 18.8. The van der Waals surface area contributed by atoms with E-state index in [2.05, 4.69) is 5.32 Å². The van der Waals surface area contributed by atoms with Gasteiger partial charge in [-0.05, 0) is 67.6 Å². The Kier molecular flexibility index (Phi) is 6.25. The lowest BCUT2D eigenvalue weighted by Crippen LogP contribution is -2.42. The maximum absolute atomic E-state index is 13.3. The van der Waals surface area contributed by atoms with Crippen molar-refractivity contribution in [3.63, 3.8) is 0 Å². The van der Waals surface area contributed by atoms with Crippen LogP contribution < -0.4 is 19.1 Å². The molecule has 0 saturated heterocycles. The van der Waals surface area contributed by atoms with Gasteiger partial charge in [0, 0.05) is 10.7 Å². The normalized spacial score (nSPS) is 15.4. The van der Waals surface area contributed by atoms with E-state index in [9.17, 15) is 13.2 Å². The lowest BCUT2D eigenvalue weighted by atomic mass is 10.2. The van der Waals surface area contributed by atoms with E-state index in [0.717, 1.165) is 0 Å². The van der Waals surface area contributed by atoms with Crippen LogP contribution >= 0.6 is 11.6 Å². The molecule has 3 aromatic carbocycles. The third-order valence-corrected chi connectivity index (χ3v) is 6.84. The number of rotatable bonds is 6. The predicted molar refractivity (Wildman–Crippen MR) is 123 cm³/mol. The number of fused-ring (bicyclic) bond motifs is 1. The summed E-state index contributed by atoms with van der Waals surface area (Å²) in [5.74, 6) is 0.678. The van der Waals surface area contributed by atoms with E-state index in [1.54, 1.807) is 60.7 Å². The minimum Gasteiger partial charge on any atom is -0.487 e. The number of ether oxygens (including phenoxy) is 2. The van der Waals surface area contributed by atoms with Gasteiger partial charge in [0.2, 0.25) is 0 Å². The van der Waals surface area contributed by atoms with Crippen LogP contribution in [0.15, 0.2) is 77.7 Å². The number of nitrogens with one attached hydrogen (secondary N) is 1. The SMILES string of the molecule is C[C@@H]1CN(S(=O)(=O)c2ccc(NC(=O)COc3ccc(Cl)cc3)cc2)c2ccccc2O1. The molecule has 7 nitrogen and oxygen atoms in total.